The second-order valence-corrected chi connectivity index (χ2v) is 6.70. The van der Waals surface area contributed by atoms with Crippen LogP contribution in [0.25, 0.3) is 0 Å². The fourth-order valence-corrected chi connectivity index (χ4v) is 2.86. The lowest BCUT2D eigenvalue weighted by molar-refractivity contribution is 0.531. The van der Waals surface area contributed by atoms with E-state index in [9.17, 15) is 0 Å². The van der Waals surface area contributed by atoms with Gasteiger partial charge in [-0.15, -0.1) is 0 Å². The summed E-state index contributed by atoms with van der Waals surface area (Å²) in [5.41, 5.74) is 2.04. The van der Waals surface area contributed by atoms with Crippen molar-refractivity contribution < 1.29 is 0 Å². The summed E-state index contributed by atoms with van der Waals surface area (Å²) in [6.45, 7) is 4.40. The van der Waals surface area contributed by atoms with Crippen LogP contribution in [0.4, 0.5) is 5.69 Å². The third-order valence-corrected chi connectivity index (χ3v) is 4.28. The van der Waals surface area contributed by atoms with Crippen LogP contribution in [0, 0.1) is 5.92 Å². The summed E-state index contributed by atoms with van der Waals surface area (Å²) in [4.78, 5) is 0. The summed E-state index contributed by atoms with van der Waals surface area (Å²) in [7, 11) is 0. The molecule has 0 amide bonds. The van der Waals surface area contributed by atoms with Crippen molar-refractivity contribution in [3.05, 3.63) is 63.1 Å². The highest BCUT2D eigenvalue weighted by Crippen LogP contribution is 2.35. The minimum absolute atomic E-state index is 0.181. The van der Waals surface area contributed by atoms with Crippen molar-refractivity contribution in [2.45, 2.75) is 26.3 Å². The first kappa shape index (κ1) is 16.5. The van der Waals surface area contributed by atoms with Gasteiger partial charge in [0.2, 0.25) is 0 Å². The number of hydrogen-bond donors (Lipinski definition) is 1. The molecule has 0 spiro atoms. The van der Waals surface area contributed by atoms with Crippen LogP contribution >= 0.6 is 34.8 Å². The first-order valence-corrected chi connectivity index (χ1v) is 8.06. The van der Waals surface area contributed by atoms with E-state index in [1.165, 1.54) is 5.56 Å². The minimum atomic E-state index is 0.181. The average Bonchev–Trinajstić information content (AvgIpc) is 2.44. The molecule has 0 aliphatic heterocycles. The maximum atomic E-state index is 6.26. The quantitative estimate of drug-likeness (QED) is 0.586. The molecule has 0 heterocycles. The van der Waals surface area contributed by atoms with Crippen molar-refractivity contribution in [2.75, 3.05) is 5.32 Å². The zero-order valence-corrected chi connectivity index (χ0v) is 14.3. The van der Waals surface area contributed by atoms with E-state index >= 15 is 0 Å². The smallest absolute Gasteiger partial charge is 0.0653 e. The molecular formula is C17H18Cl3N. The Kier molecular flexibility index (Phi) is 5.80. The van der Waals surface area contributed by atoms with Gasteiger partial charge < -0.3 is 5.32 Å². The number of anilines is 1. The Balaban J connectivity index is 2.29. The van der Waals surface area contributed by atoms with Crippen molar-refractivity contribution in [3.63, 3.8) is 0 Å². The number of rotatable bonds is 5. The van der Waals surface area contributed by atoms with Gasteiger partial charge in [-0.1, -0.05) is 79.0 Å². The molecule has 112 valence electrons. The minimum Gasteiger partial charge on any atom is -0.377 e. The maximum absolute atomic E-state index is 6.26. The summed E-state index contributed by atoms with van der Waals surface area (Å²) in [6, 6.07) is 14.0. The van der Waals surface area contributed by atoms with Crippen LogP contribution in [0.2, 0.25) is 15.1 Å². The number of nitrogens with one attached hydrogen (secondary N) is 1. The highest BCUT2D eigenvalue weighted by atomic mass is 35.5. The molecule has 0 radical (unpaired) electrons. The molecule has 21 heavy (non-hydrogen) atoms. The summed E-state index contributed by atoms with van der Waals surface area (Å²) in [5, 5.41) is 5.03. The lowest BCUT2D eigenvalue weighted by atomic mass is 9.97. The molecule has 0 aliphatic carbocycles. The Labute approximate surface area is 141 Å². The third-order valence-electron chi connectivity index (χ3n) is 3.25. The van der Waals surface area contributed by atoms with E-state index in [-0.39, 0.29) is 6.04 Å². The largest absolute Gasteiger partial charge is 0.377 e. The molecule has 0 saturated carbocycles. The topological polar surface area (TPSA) is 12.0 Å². The maximum Gasteiger partial charge on any atom is 0.0653 e. The predicted octanol–water partition coefficient (Wildman–Crippen LogP) is 6.85. The number of hydrogen-bond acceptors (Lipinski definition) is 1. The van der Waals surface area contributed by atoms with Crippen molar-refractivity contribution in [1.82, 2.24) is 0 Å². The van der Waals surface area contributed by atoms with Gasteiger partial charge >= 0.3 is 0 Å². The van der Waals surface area contributed by atoms with E-state index in [0.717, 1.165) is 12.1 Å². The standard InChI is InChI=1S/C17H18Cl3N/c1-11(2)8-16(12-6-4-3-5-7-12)21-17-10-14(19)13(18)9-15(17)20/h3-7,9-11,16,21H,8H2,1-2H3. The first-order valence-electron chi connectivity index (χ1n) is 6.93. The Morgan fingerprint density at radius 1 is 0.905 bits per heavy atom. The summed E-state index contributed by atoms with van der Waals surface area (Å²) >= 11 is 18.3. The molecule has 1 nitrogen and oxygen atoms in total. The lowest BCUT2D eigenvalue weighted by Crippen LogP contribution is -2.13. The van der Waals surface area contributed by atoms with Gasteiger partial charge in [-0.2, -0.15) is 0 Å². The predicted molar refractivity (Wildman–Crippen MR) is 93.7 cm³/mol. The molecule has 1 atom stereocenters. The average molecular weight is 343 g/mol. The van der Waals surface area contributed by atoms with Gasteiger partial charge in [0.25, 0.3) is 0 Å². The van der Waals surface area contributed by atoms with Gasteiger partial charge in [0, 0.05) is 0 Å². The molecular weight excluding hydrogens is 325 g/mol. The number of halogens is 3. The highest BCUT2D eigenvalue weighted by Gasteiger charge is 2.15. The van der Waals surface area contributed by atoms with Crippen molar-refractivity contribution in [3.8, 4) is 0 Å². The third kappa shape index (κ3) is 4.54. The summed E-state index contributed by atoms with van der Waals surface area (Å²) in [6.07, 6.45) is 1.00. The normalized spacial score (nSPS) is 12.5. The van der Waals surface area contributed by atoms with E-state index < -0.39 is 0 Å². The second-order valence-electron chi connectivity index (χ2n) is 5.48. The van der Waals surface area contributed by atoms with Gasteiger partial charge in [0.1, 0.15) is 0 Å². The van der Waals surface area contributed by atoms with Crippen LogP contribution in [0.5, 0.6) is 0 Å². The van der Waals surface area contributed by atoms with Crippen LogP contribution in [-0.2, 0) is 0 Å². The van der Waals surface area contributed by atoms with E-state index in [0.29, 0.717) is 21.0 Å². The van der Waals surface area contributed by atoms with E-state index in [1.807, 2.05) is 18.2 Å². The van der Waals surface area contributed by atoms with Gasteiger partial charge in [-0.05, 0) is 30.0 Å². The monoisotopic (exact) mass is 341 g/mol. The zero-order chi connectivity index (χ0) is 15.4. The van der Waals surface area contributed by atoms with E-state index in [1.54, 1.807) is 12.1 Å². The molecule has 4 heteroatoms. The van der Waals surface area contributed by atoms with Crippen LogP contribution in [-0.4, -0.2) is 0 Å². The van der Waals surface area contributed by atoms with Gasteiger partial charge in [-0.3, -0.25) is 0 Å². The molecule has 0 aliphatic rings. The van der Waals surface area contributed by atoms with Crippen molar-refractivity contribution >= 4 is 40.5 Å². The van der Waals surface area contributed by atoms with Crippen LogP contribution in [0.1, 0.15) is 31.9 Å². The lowest BCUT2D eigenvalue weighted by Gasteiger charge is -2.23. The van der Waals surface area contributed by atoms with E-state index in [2.05, 4.69) is 31.3 Å². The van der Waals surface area contributed by atoms with Crippen molar-refractivity contribution in [2.24, 2.45) is 5.92 Å². The Morgan fingerprint density at radius 2 is 1.52 bits per heavy atom. The van der Waals surface area contributed by atoms with Crippen LogP contribution < -0.4 is 5.32 Å². The van der Waals surface area contributed by atoms with Crippen LogP contribution in [0.3, 0.4) is 0 Å². The van der Waals surface area contributed by atoms with E-state index in [4.69, 9.17) is 34.8 Å². The molecule has 1 unspecified atom stereocenters. The fourth-order valence-electron chi connectivity index (χ4n) is 2.26. The van der Waals surface area contributed by atoms with Crippen LogP contribution in [0.15, 0.2) is 42.5 Å². The molecule has 2 aromatic carbocycles. The Bertz CT molecular complexity index is 596. The molecule has 1 N–H and O–H groups in total. The second kappa shape index (κ2) is 7.40. The fraction of sp³-hybridized carbons (Fsp3) is 0.294. The first-order chi connectivity index (χ1) is 9.97. The number of benzene rings is 2. The van der Waals surface area contributed by atoms with Gasteiger partial charge in [0.05, 0.1) is 26.8 Å². The zero-order valence-electron chi connectivity index (χ0n) is 12.0. The highest BCUT2D eigenvalue weighted by molar-refractivity contribution is 6.44. The summed E-state index contributed by atoms with van der Waals surface area (Å²) < 4.78 is 0. The molecule has 0 fully saturated rings. The molecule has 0 aromatic heterocycles. The molecule has 0 bridgehead atoms. The SMILES string of the molecule is CC(C)CC(Nc1cc(Cl)c(Cl)cc1Cl)c1ccccc1. The molecule has 2 aromatic rings. The van der Waals surface area contributed by atoms with Crippen molar-refractivity contribution in [1.29, 1.82) is 0 Å². The van der Waals surface area contributed by atoms with Gasteiger partial charge in [-0.25, -0.2) is 0 Å². The molecule has 2 rings (SSSR count). The molecule has 0 saturated heterocycles. The van der Waals surface area contributed by atoms with Gasteiger partial charge in [0.15, 0.2) is 0 Å². The summed E-state index contributed by atoms with van der Waals surface area (Å²) in [5.74, 6) is 0.559. The Morgan fingerprint density at radius 3 is 2.14 bits per heavy atom. The Hall–Kier alpha value is -0.890.